The Hall–Kier alpha value is -3.96. The second-order valence-electron chi connectivity index (χ2n) is 8.21. The first-order chi connectivity index (χ1) is 17.3. The molecule has 0 unspecified atom stereocenters. The minimum Gasteiger partial charge on any atom is -0.406 e. The van der Waals surface area contributed by atoms with E-state index in [9.17, 15) is 18.0 Å². The van der Waals surface area contributed by atoms with Crippen molar-refractivity contribution in [3.8, 4) is 17.0 Å². The molecule has 1 saturated heterocycles. The van der Waals surface area contributed by atoms with Crippen LogP contribution in [0.5, 0.6) is 5.75 Å². The number of nitrogens with zero attached hydrogens (tertiary/aromatic N) is 4. The van der Waals surface area contributed by atoms with Crippen molar-refractivity contribution in [2.24, 2.45) is 0 Å². The van der Waals surface area contributed by atoms with Crippen LogP contribution >= 0.6 is 0 Å². The summed E-state index contributed by atoms with van der Waals surface area (Å²) in [5.74, 6) is -0.336. The first-order valence-corrected chi connectivity index (χ1v) is 11.3. The van der Waals surface area contributed by atoms with Crippen LogP contribution in [0.2, 0.25) is 0 Å². The highest BCUT2D eigenvalue weighted by Gasteiger charge is 2.31. The molecule has 1 aliphatic heterocycles. The molecule has 4 heterocycles. The maximum Gasteiger partial charge on any atom is 0.573 e. The summed E-state index contributed by atoms with van der Waals surface area (Å²) < 4.78 is 48.8. The minimum absolute atomic E-state index is 0.298. The van der Waals surface area contributed by atoms with Gasteiger partial charge in [-0.2, -0.15) is 0 Å². The van der Waals surface area contributed by atoms with Crippen LogP contribution in [0.3, 0.4) is 0 Å². The number of ether oxygens (including phenoxy) is 2. The van der Waals surface area contributed by atoms with E-state index in [1.165, 1.54) is 18.2 Å². The fourth-order valence-electron chi connectivity index (χ4n) is 3.99. The van der Waals surface area contributed by atoms with Gasteiger partial charge in [-0.05, 0) is 36.4 Å². The van der Waals surface area contributed by atoms with Gasteiger partial charge in [-0.15, -0.1) is 13.2 Å². The lowest BCUT2D eigenvalue weighted by molar-refractivity contribution is -0.274. The highest BCUT2D eigenvalue weighted by Crippen LogP contribution is 2.28. The fraction of sp³-hybridized carbons (Fsp3) is 0.240. The molecule has 1 amide bonds. The summed E-state index contributed by atoms with van der Waals surface area (Å²) in [5, 5.41) is 2.82. The smallest absolute Gasteiger partial charge is 0.406 e. The number of rotatable bonds is 6. The second kappa shape index (κ2) is 9.96. The van der Waals surface area contributed by atoms with Gasteiger partial charge in [-0.25, -0.2) is 9.97 Å². The summed E-state index contributed by atoms with van der Waals surface area (Å²) in [7, 11) is 0. The first-order valence-electron chi connectivity index (χ1n) is 11.3. The number of carbonyl (C=O) groups is 1. The topological polar surface area (TPSA) is 81.0 Å². The number of amides is 1. The van der Waals surface area contributed by atoms with Gasteiger partial charge in [0, 0.05) is 37.6 Å². The Balaban J connectivity index is 1.36. The molecule has 1 aliphatic rings. The Morgan fingerprint density at radius 2 is 1.86 bits per heavy atom. The molecule has 0 saturated carbocycles. The van der Waals surface area contributed by atoms with Crippen LogP contribution < -0.4 is 10.1 Å². The molecule has 1 aromatic carbocycles. The van der Waals surface area contributed by atoms with E-state index >= 15 is 0 Å². The molecule has 0 bridgehead atoms. The van der Waals surface area contributed by atoms with Gasteiger partial charge in [0.1, 0.15) is 17.2 Å². The zero-order chi connectivity index (χ0) is 25.1. The van der Waals surface area contributed by atoms with Crippen molar-refractivity contribution >= 4 is 17.4 Å². The van der Waals surface area contributed by atoms with Crippen LogP contribution in [-0.2, 0) is 11.3 Å². The number of anilines is 1. The van der Waals surface area contributed by atoms with Gasteiger partial charge < -0.3 is 19.2 Å². The van der Waals surface area contributed by atoms with Crippen molar-refractivity contribution in [3.05, 3.63) is 78.2 Å². The van der Waals surface area contributed by atoms with E-state index in [0.717, 1.165) is 18.8 Å². The highest BCUT2D eigenvalue weighted by atomic mass is 19.4. The second-order valence-corrected chi connectivity index (χ2v) is 8.21. The largest absolute Gasteiger partial charge is 0.573 e. The van der Waals surface area contributed by atoms with E-state index in [-0.39, 0.29) is 5.75 Å². The van der Waals surface area contributed by atoms with Crippen LogP contribution in [0.1, 0.15) is 16.1 Å². The summed E-state index contributed by atoms with van der Waals surface area (Å²) in [4.78, 5) is 24.4. The Morgan fingerprint density at radius 1 is 1.06 bits per heavy atom. The maximum absolute atomic E-state index is 13.1. The summed E-state index contributed by atoms with van der Waals surface area (Å²) in [6.07, 6.45) is -1.45. The standard InChI is InChI=1S/C25H22F3N5O3/c26-25(27,28)36-19-6-1-4-17(14-19)21-16-33-9-3-7-20(23(33)30-21)24(34)31-22-8-2-5-18(29-22)15-32-10-12-35-13-11-32/h1-9,14,16H,10-13,15H2,(H,29,31,34). The van der Waals surface area contributed by atoms with Crippen LogP contribution in [0, 0.1) is 0 Å². The Labute approximate surface area is 204 Å². The van der Waals surface area contributed by atoms with Gasteiger partial charge in [0.05, 0.1) is 30.2 Å². The molecular weight excluding hydrogens is 475 g/mol. The predicted molar refractivity (Wildman–Crippen MR) is 126 cm³/mol. The molecule has 0 radical (unpaired) electrons. The zero-order valence-electron chi connectivity index (χ0n) is 19.0. The molecule has 3 aromatic heterocycles. The molecule has 8 nitrogen and oxygen atoms in total. The maximum atomic E-state index is 13.1. The predicted octanol–water partition coefficient (Wildman–Crippen LogP) is 4.38. The number of aromatic nitrogens is 3. The molecule has 1 N–H and O–H groups in total. The molecular formula is C25H22F3N5O3. The third kappa shape index (κ3) is 5.64. The van der Waals surface area contributed by atoms with Crippen molar-refractivity contribution in [1.82, 2.24) is 19.3 Å². The number of nitrogens with one attached hydrogen (secondary N) is 1. The van der Waals surface area contributed by atoms with E-state index in [2.05, 4.69) is 24.9 Å². The highest BCUT2D eigenvalue weighted by molar-refractivity contribution is 6.08. The monoisotopic (exact) mass is 497 g/mol. The molecule has 186 valence electrons. The number of halogens is 3. The van der Waals surface area contributed by atoms with E-state index < -0.39 is 12.3 Å². The van der Waals surface area contributed by atoms with Crippen LogP contribution in [0.4, 0.5) is 19.0 Å². The molecule has 4 aromatic rings. The van der Waals surface area contributed by atoms with Crippen molar-refractivity contribution in [3.63, 3.8) is 0 Å². The summed E-state index contributed by atoms with van der Waals surface area (Å²) >= 11 is 0. The number of pyridine rings is 2. The Kier molecular flexibility index (Phi) is 6.57. The van der Waals surface area contributed by atoms with Crippen molar-refractivity contribution in [1.29, 1.82) is 0 Å². The van der Waals surface area contributed by atoms with Gasteiger partial charge in [0.25, 0.3) is 5.91 Å². The van der Waals surface area contributed by atoms with Crippen molar-refractivity contribution in [2.75, 3.05) is 31.6 Å². The lowest BCUT2D eigenvalue weighted by atomic mass is 10.1. The summed E-state index contributed by atoms with van der Waals surface area (Å²) in [6.45, 7) is 3.68. The van der Waals surface area contributed by atoms with E-state index in [4.69, 9.17) is 4.74 Å². The SMILES string of the molecule is O=C(Nc1cccc(CN2CCOCC2)n1)c1cccn2cc(-c3cccc(OC(F)(F)F)c3)nc12. The molecule has 5 rings (SSSR count). The number of alkyl halides is 3. The van der Waals surface area contributed by atoms with Gasteiger partial charge in [-0.3, -0.25) is 9.69 Å². The van der Waals surface area contributed by atoms with Gasteiger partial charge in [0.2, 0.25) is 0 Å². The molecule has 0 aliphatic carbocycles. The fourth-order valence-corrected chi connectivity index (χ4v) is 3.99. The average molecular weight is 497 g/mol. The number of fused-ring (bicyclic) bond motifs is 1. The molecule has 0 atom stereocenters. The number of morpholine rings is 1. The first kappa shape index (κ1) is 23.8. The molecule has 36 heavy (non-hydrogen) atoms. The van der Waals surface area contributed by atoms with Gasteiger partial charge in [-0.1, -0.05) is 18.2 Å². The molecule has 0 spiro atoms. The number of carbonyl (C=O) groups excluding carboxylic acids is 1. The Morgan fingerprint density at radius 3 is 2.67 bits per heavy atom. The summed E-state index contributed by atoms with van der Waals surface area (Å²) in [5.41, 5.74) is 2.30. The number of benzene rings is 1. The minimum atomic E-state index is -4.80. The zero-order valence-corrected chi connectivity index (χ0v) is 19.0. The number of hydrogen-bond acceptors (Lipinski definition) is 6. The number of imidazole rings is 1. The van der Waals surface area contributed by atoms with Crippen LogP contribution in [0.25, 0.3) is 16.9 Å². The van der Waals surface area contributed by atoms with Crippen molar-refractivity contribution in [2.45, 2.75) is 12.9 Å². The van der Waals surface area contributed by atoms with Gasteiger partial charge >= 0.3 is 6.36 Å². The molecule has 1 fully saturated rings. The van der Waals surface area contributed by atoms with Crippen LogP contribution in [0.15, 0.2) is 67.0 Å². The normalized spacial score (nSPS) is 14.6. The average Bonchev–Trinajstić information content (AvgIpc) is 3.29. The van der Waals surface area contributed by atoms with Crippen molar-refractivity contribution < 1.29 is 27.4 Å². The van der Waals surface area contributed by atoms with E-state index in [1.807, 2.05) is 12.1 Å². The lowest BCUT2D eigenvalue weighted by Gasteiger charge is -2.26. The van der Waals surface area contributed by atoms with E-state index in [0.29, 0.717) is 48.0 Å². The van der Waals surface area contributed by atoms with E-state index in [1.54, 1.807) is 41.1 Å². The quantitative estimate of drug-likeness (QED) is 0.426. The number of hydrogen-bond donors (Lipinski definition) is 1. The molecule has 11 heteroatoms. The van der Waals surface area contributed by atoms with Crippen LogP contribution in [-0.4, -0.2) is 57.8 Å². The third-order valence-corrected chi connectivity index (χ3v) is 5.63. The van der Waals surface area contributed by atoms with Gasteiger partial charge in [0.15, 0.2) is 0 Å². The third-order valence-electron chi connectivity index (χ3n) is 5.63. The Bertz CT molecular complexity index is 1380. The summed E-state index contributed by atoms with van der Waals surface area (Å²) in [6, 6.07) is 14.3. The lowest BCUT2D eigenvalue weighted by Crippen LogP contribution is -2.35.